The minimum Gasteiger partial charge on any atom is -0.480 e. The Labute approximate surface area is 127 Å². The number of aliphatic carboxylic acids is 1. The molecule has 1 rings (SSSR count). The second-order valence-electron chi connectivity index (χ2n) is 4.86. The Morgan fingerprint density at radius 1 is 1.38 bits per heavy atom. The number of rotatable bonds is 5. The molecule has 0 spiro atoms. The van der Waals surface area contributed by atoms with Crippen molar-refractivity contribution in [2.45, 2.75) is 25.8 Å². The number of carboxylic acid groups (broad SMARTS) is 1. The molecular weight excluding hydrogens is 294 g/mol. The average Bonchev–Trinajstić information content (AvgIpc) is 2.41. The molecule has 0 fully saturated rings. The van der Waals surface area contributed by atoms with E-state index in [0.29, 0.717) is 10.7 Å². The summed E-state index contributed by atoms with van der Waals surface area (Å²) in [6.07, 6.45) is 0.0464. The van der Waals surface area contributed by atoms with Crippen molar-refractivity contribution in [3.8, 4) is 6.07 Å². The van der Waals surface area contributed by atoms with E-state index < -0.39 is 17.5 Å². The van der Waals surface area contributed by atoms with Gasteiger partial charge in [-0.25, -0.2) is 9.59 Å². The first-order valence-electron chi connectivity index (χ1n) is 6.23. The van der Waals surface area contributed by atoms with Gasteiger partial charge in [0.15, 0.2) is 0 Å². The van der Waals surface area contributed by atoms with Crippen LogP contribution in [0.5, 0.6) is 0 Å². The molecular formula is C14H16ClN3O3. The summed E-state index contributed by atoms with van der Waals surface area (Å²) < 4.78 is 0. The van der Waals surface area contributed by atoms with E-state index in [2.05, 4.69) is 5.32 Å². The Balaban J connectivity index is 2.92. The highest BCUT2D eigenvalue weighted by molar-refractivity contribution is 6.30. The third kappa shape index (κ3) is 4.36. The zero-order chi connectivity index (χ0) is 16.0. The number of carboxylic acids is 1. The molecule has 2 N–H and O–H groups in total. The van der Waals surface area contributed by atoms with E-state index in [1.54, 1.807) is 24.3 Å². The van der Waals surface area contributed by atoms with E-state index in [-0.39, 0.29) is 13.0 Å². The Morgan fingerprint density at radius 3 is 2.43 bits per heavy atom. The Bertz CT molecular complexity index is 564. The summed E-state index contributed by atoms with van der Waals surface area (Å²) in [5.41, 5.74) is -0.930. The zero-order valence-corrected chi connectivity index (χ0v) is 12.5. The van der Waals surface area contributed by atoms with Crippen molar-refractivity contribution in [3.63, 3.8) is 0 Å². The number of urea groups is 1. The van der Waals surface area contributed by atoms with E-state index in [1.165, 1.54) is 13.8 Å². The lowest BCUT2D eigenvalue weighted by molar-refractivity contribution is -0.147. The Hall–Kier alpha value is -2.26. The number of nitriles is 1. The molecule has 0 aliphatic rings. The maximum absolute atomic E-state index is 12.3. The van der Waals surface area contributed by atoms with Crippen molar-refractivity contribution in [1.82, 2.24) is 4.90 Å². The third-order valence-electron chi connectivity index (χ3n) is 2.99. The van der Waals surface area contributed by atoms with Gasteiger partial charge in [-0.2, -0.15) is 5.26 Å². The van der Waals surface area contributed by atoms with E-state index in [1.807, 2.05) is 6.07 Å². The second-order valence-corrected chi connectivity index (χ2v) is 5.30. The first-order valence-corrected chi connectivity index (χ1v) is 6.61. The van der Waals surface area contributed by atoms with Gasteiger partial charge in [-0.15, -0.1) is 0 Å². The van der Waals surface area contributed by atoms with Crippen LogP contribution >= 0.6 is 11.6 Å². The van der Waals surface area contributed by atoms with Crippen LogP contribution in [0.2, 0.25) is 5.02 Å². The molecule has 0 radical (unpaired) electrons. The monoisotopic (exact) mass is 309 g/mol. The summed E-state index contributed by atoms with van der Waals surface area (Å²) in [5, 5.41) is 21.0. The molecule has 6 nitrogen and oxygen atoms in total. The summed E-state index contributed by atoms with van der Waals surface area (Å²) in [6, 6.07) is 7.76. The molecule has 2 amide bonds. The average molecular weight is 310 g/mol. The quantitative estimate of drug-likeness (QED) is 0.874. The van der Waals surface area contributed by atoms with Gasteiger partial charge in [-0.3, -0.25) is 0 Å². The number of amides is 2. The fourth-order valence-corrected chi connectivity index (χ4v) is 1.76. The van der Waals surface area contributed by atoms with Crippen LogP contribution in [0.25, 0.3) is 0 Å². The lowest BCUT2D eigenvalue weighted by atomic mass is 10.0. The molecule has 0 saturated carbocycles. The topological polar surface area (TPSA) is 93.4 Å². The molecule has 0 bridgehead atoms. The van der Waals surface area contributed by atoms with E-state index in [9.17, 15) is 14.7 Å². The van der Waals surface area contributed by atoms with Gasteiger partial charge in [0.25, 0.3) is 0 Å². The molecule has 0 aliphatic heterocycles. The first-order chi connectivity index (χ1) is 9.78. The van der Waals surface area contributed by atoms with Crippen LogP contribution in [0.15, 0.2) is 24.3 Å². The molecule has 1 aromatic carbocycles. The lowest BCUT2D eigenvalue weighted by Gasteiger charge is -2.34. The lowest BCUT2D eigenvalue weighted by Crippen LogP contribution is -2.54. The van der Waals surface area contributed by atoms with Gasteiger partial charge in [0.1, 0.15) is 5.54 Å². The van der Waals surface area contributed by atoms with Gasteiger partial charge >= 0.3 is 12.0 Å². The van der Waals surface area contributed by atoms with Gasteiger partial charge in [0, 0.05) is 17.3 Å². The van der Waals surface area contributed by atoms with Crippen molar-refractivity contribution < 1.29 is 14.7 Å². The maximum Gasteiger partial charge on any atom is 0.329 e. The molecule has 0 saturated heterocycles. The van der Waals surface area contributed by atoms with Crippen molar-refractivity contribution >= 4 is 29.3 Å². The van der Waals surface area contributed by atoms with Crippen LogP contribution in [0.3, 0.4) is 0 Å². The number of benzene rings is 1. The molecule has 1 aromatic rings. The fraction of sp³-hybridized carbons (Fsp3) is 0.357. The smallest absolute Gasteiger partial charge is 0.329 e. The second kappa shape index (κ2) is 6.95. The highest BCUT2D eigenvalue weighted by Crippen LogP contribution is 2.19. The van der Waals surface area contributed by atoms with Crippen molar-refractivity contribution in [2.75, 3.05) is 11.9 Å². The van der Waals surface area contributed by atoms with Crippen LogP contribution in [0.4, 0.5) is 10.5 Å². The van der Waals surface area contributed by atoms with E-state index in [0.717, 1.165) is 4.90 Å². The van der Waals surface area contributed by atoms with Crippen LogP contribution in [-0.2, 0) is 4.79 Å². The van der Waals surface area contributed by atoms with E-state index >= 15 is 0 Å². The normalized spacial score (nSPS) is 10.6. The van der Waals surface area contributed by atoms with E-state index in [4.69, 9.17) is 16.9 Å². The maximum atomic E-state index is 12.3. The first kappa shape index (κ1) is 16.8. The van der Waals surface area contributed by atoms with Gasteiger partial charge in [0.05, 0.1) is 12.5 Å². The summed E-state index contributed by atoms with van der Waals surface area (Å²) in [4.78, 5) is 24.7. The third-order valence-corrected chi connectivity index (χ3v) is 3.24. The Kier molecular flexibility index (Phi) is 5.56. The molecule has 0 unspecified atom stereocenters. The number of hydrogen-bond donors (Lipinski definition) is 2. The molecule has 0 aromatic heterocycles. The fourth-order valence-electron chi connectivity index (χ4n) is 1.64. The van der Waals surface area contributed by atoms with Crippen LogP contribution in [0.1, 0.15) is 20.3 Å². The van der Waals surface area contributed by atoms with Gasteiger partial charge in [-0.1, -0.05) is 11.6 Å². The van der Waals surface area contributed by atoms with Gasteiger partial charge < -0.3 is 15.3 Å². The minimum atomic E-state index is -1.42. The number of anilines is 1. The summed E-state index contributed by atoms with van der Waals surface area (Å²) in [6.45, 7) is 2.84. The summed E-state index contributed by atoms with van der Waals surface area (Å²) in [7, 11) is 0. The predicted molar refractivity (Wildman–Crippen MR) is 79.1 cm³/mol. The van der Waals surface area contributed by atoms with Crippen molar-refractivity contribution in [2.24, 2.45) is 0 Å². The molecule has 7 heteroatoms. The van der Waals surface area contributed by atoms with Crippen LogP contribution in [-0.4, -0.2) is 34.1 Å². The number of carbonyl (C=O) groups is 2. The number of nitrogens with one attached hydrogen (secondary N) is 1. The number of carbonyl (C=O) groups excluding carboxylic acids is 1. The zero-order valence-electron chi connectivity index (χ0n) is 11.8. The highest BCUT2D eigenvalue weighted by Gasteiger charge is 2.37. The molecule has 21 heavy (non-hydrogen) atoms. The standard InChI is InChI=1S/C14H16ClN3O3/c1-14(2,12(19)20)18(9-3-8-16)13(21)17-11-6-4-10(15)5-7-11/h4-7H,3,9H2,1-2H3,(H,17,21)(H,19,20). The van der Waals surface area contributed by atoms with Crippen LogP contribution in [0, 0.1) is 11.3 Å². The minimum absolute atomic E-state index is 0.0230. The number of halogens is 1. The van der Waals surface area contributed by atoms with Crippen LogP contribution < -0.4 is 5.32 Å². The van der Waals surface area contributed by atoms with Gasteiger partial charge in [0.2, 0.25) is 0 Å². The Morgan fingerprint density at radius 2 is 1.95 bits per heavy atom. The number of hydrogen-bond acceptors (Lipinski definition) is 3. The summed E-state index contributed by atoms with van der Waals surface area (Å²) in [5.74, 6) is -1.15. The summed E-state index contributed by atoms with van der Waals surface area (Å²) >= 11 is 5.76. The molecule has 0 heterocycles. The van der Waals surface area contributed by atoms with Crippen molar-refractivity contribution in [3.05, 3.63) is 29.3 Å². The highest BCUT2D eigenvalue weighted by atomic mass is 35.5. The van der Waals surface area contributed by atoms with Crippen molar-refractivity contribution in [1.29, 1.82) is 5.26 Å². The largest absolute Gasteiger partial charge is 0.480 e. The molecule has 0 aliphatic carbocycles. The predicted octanol–water partition coefficient (Wildman–Crippen LogP) is 2.95. The molecule has 0 atom stereocenters. The molecule has 112 valence electrons. The SMILES string of the molecule is CC(C)(C(=O)O)N(CCC#N)C(=O)Nc1ccc(Cl)cc1. The number of nitrogens with zero attached hydrogens (tertiary/aromatic N) is 2. The van der Waals surface area contributed by atoms with Gasteiger partial charge in [-0.05, 0) is 38.1 Å².